The molecule has 1 amide bonds. The van der Waals surface area contributed by atoms with Crippen LogP contribution in [0.3, 0.4) is 0 Å². The van der Waals surface area contributed by atoms with Gasteiger partial charge in [-0.3, -0.25) is 14.5 Å². The van der Waals surface area contributed by atoms with Gasteiger partial charge in [0.15, 0.2) is 0 Å². The highest BCUT2D eigenvalue weighted by molar-refractivity contribution is 7.90. The molecule has 9 heteroatoms. The second-order valence-corrected chi connectivity index (χ2v) is 9.67. The number of nitrogens with zero attached hydrogens (tertiary/aromatic N) is 1. The first kappa shape index (κ1) is 20.2. The van der Waals surface area contributed by atoms with E-state index < -0.39 is 10.0 Å². The lowest BCUT2D eigenvalue weighted by atomic mass is 10.1. The first-order valence-corrected chi connectivity index (χ1v) is 11.5. The molecule has 29 heavy (non-hydrogen) atoms. The molecule has 2 N–H and O–H groups in total. The fraction of sp³-hybridized carbons (Fsp3) is 0.300. The zero-order valence-electron chi connectivity index (χ0n) is 15.4. The molecule has 2 aromatic rings. The van der Waals surface area contributed by atoms with Crippen molar-refractivity contribution in [3.8, 4) is 0 Å². The lowest BCUT2D eigenvalue weighted by molar-refractivity contribution is -0.117. The van der Waals surface area contributed by atoms with E-state index in [4.69, 9.17) is 23.2 Å². The molecule has 2 aliphatic rings. The number of amides is 1. The van der Waals surface area contributed by atoms with Gasteiger partial charge in [0.1, 0.15) is 5.84 Å². The van der Waals surface area contributed by atoms with Crippen molar-refractivity contribution >= 4 is 50.7 Å². The van der Waals surface area contributed by atoms with E-state index in [0.717, 1.165) is 12.0 Å². The van der Waals surface area contributed by atoms with Gasteiger partial charge in [-0.05, 0) is 54.7 Å². The fourth-order valence-electron chi connectivity index (χ4n) is 3.41. The molecular weight excluding hydrogens is 433 g/mol. The number of sulfonamides is 1. The van der Waals surface area contributed by atoms with Crippen molar-refractivity contribution in [3.63, 3.8) is 0 Å². The van der Waals surface area contributed by atoms with Crippen LogP contribution in [-0.4, -0.2) is 26.7 Å². The monoisotopic (exact) mass is 451 g/mol. The van der Waals surface area contributed by atoms with Crippen LogP contribution in [0.25, 0.3) is 0 Å². The van der Waals surface area contributed by atoms with Gasteiger partial charge in [0.2, 0.25) is 5.91 Å². The number of hydrogen-bond donors (Lipinski definition) is 2. The van der Waals surface area contributed by atoms with Gasteiger partial charge in [-0.1, -0.05) is 35.3 Å². The lowest BCUT2D eigenvalue weighted by Crippen LogP contribution is -2.29. The molecule has 0 aromatic heterocycles. The van der Waals surface area contributed by atoms with E-state index in [9.17, 15) is 13.2 Å². The number of carbonyl (C=O) groups excluding carboxylic acids is 1. The second-order valence-electron chi connectivity index (χ2n) is 7.18. The number of hydrogen-bond acceptors (Lipinski definition) is 4. The number of nitrogens with one attached hydrogen (secondary N) is 2. The van der Waals surface area contributed by atoms with Gasteiger partial charge in [-0.25, -0.2) is 8.42 Å². The summed E-state index contributed by atoms with van der Waals surface area (Å²) < 4.78 is 27.6. The molecule has 6 nitrogen and oxygen atoms in total. The summed E-state index contributed by atoms with van der Waals surface area (Å²) in [5.41, 5.74) is 1.41. The summed E-state index contributed by atoms with van der Waals surface area (Å²) in [4.78, 5) is 16.8. The predicted molar refractivity (Wildman–Crippen MR) is 114 cm³/mol. The Kier molecular flexibility index (Phi) is 5.55. The van der Waals surface area contributed by atoms with Crippen LogP contribution in [0.4, 0.5) is 5.69 Å². The molecule has 1 aliphatic carbocycles. The zero-order chi connectivity index (χ0) is 20.6. The minimum atomic E-state index is -3.73. The second kappa shape index (κ2) is 7.97. The molecular formula is C20H19Cl2N3O3S. The van der Waals surface area contributed by atoms with Crippen LogP contribution in [0.1, 0.15) is 30.7 Å². The highest BCUT2D eigenvalue weighted by Gasteiger charge is 2.44. The van der Waals surface area contributed by atoms with Crippen LogP contribution in [-0.2, 0) is 14.8 Å². The summed E-state index contributed by atoms with van der Waals surface area (Å²) >= 11 is 12.0. The molecule has 0 spiro atoms. The van der Waals surface area contributed by atoms with Crippen LogP contribution < -0.4 is 10.0 Å². The number of benzene rings is 2. The van der Waals surface area contributed by atoms with Crippen molar-refractivity contribution in [2.24, 2.45) is 10.9 Å². The molecule has 0 radical (unpaired) electrons. The van der Waals surface area contributed by atoms with Crippen molar-refractivity contribution in [1.82, 2.24) is 4.72 Å². The number of aliphatic imine (C=N–C) groups is 1. The summed E-state index contributed by atoms with van der Waals surface area (Å²) in [6, 6.07) is 11.6. The average Bonchev–Trinajstić information content (AvgIpc) is 3.34. The van der Waals surface area contributed by atoms with Crippen LogP contribution in [0.2, 0.25) is 10.0 Å². The highest BCUT2D eigenvalue weighted by atomic mass is 35.5. The largest absolute Gasteiger partial charge is 0.326 e. The quantitative estimate of drug-likeness (QED) is 0.713. The van der Waals surface area contributed by atoms with Crippen LogP contribution in [0.15, 0.2) is 52.4 Å². The van der Waals surface area contributed by atoms with Gasteiger partial charge in [-0.15, -0.1) is 0 Å². The zero-order valence-corrected chi connectivity index (χ0v) is 17.7. The molecule has 0 saturated heterocycles. The summed E-state index contributed by atoms with van der Waals surface area (Å²) in [5.74, 6) is 0.225. The van der Waals surface area contributed by atoms with Gasteiger partial charge in [0.05, 0.1) is 14.9 Å². The third-order valence-corrected chi connectivity index (χ3v) is 7.16. The Balaban J connectivity index is 1.43. The maximum atomic E-state index is 12.6. The molecule has 1 aliphatic heterocycles. The van der Waals surface area contributed by atoms with Gasteiger partial charge in [-0.2, -0.15) is 0 Å². The SMILES string of the molecule is O=C(Nc1cccc(S(=O)(=O)NC2=NCCC2)c1)C1CC1c1ccc(Cl)c(Cl)c1. The Morgan fingerprint density at radius 3 is 2.66 bits per heavy atom. The van der Waals surface area contributed by atoms with E-state index in [-0.39, 0.29) is 22.6 Å². The van der Waals surface area contributed by atoms with Gasteiger partial charge < -0.3 is 5.32 Å². The third-order valence-electron chi connectivity index (χ3n) is 5.04. The first-order chi connectivity index (χ1) is 13.8. The van der Waals surface area contributed by atoms with E-state index in [1.807, 2.05) is 6.07 Å². The standard InChI is InChI=1S/C20H19Cl2N3O3S/c21-17-7-6-12(9-18(17)22)15-11-16(15)20(26)24-13-3-1-4-14(10-13)29(27,28)25-19-5-2-8-23-19/h1,3-4,6-7,9-10,15-16H,2,5,8,11H2,(H,23,25)(H,24,26). The molecule has 0 bridgehead atoms. The number of carbonyl (C=O) groups is 1. The molecule has 1 fully saturated rings. The summed E-state index contributed by atoms with van der Waals surface area (Å²) in [5, 5.41) is 3.76. The van der Waals surface area contributed by atoms with Crippen LogP contribution >= 0.6 is 23.2 Å². The summed E-state index contributed by atoms with van der Waals surface area (Å²) in [6.45, 7) is 0.634. The Labute approximate surface area is 179 Å². The highest BCUT2D eigenvalue weighted by Crippen LogP contribution is 2.49. The Morgan fingerprint density at radius 2 is 1.93 bits per heavy atom. The van der Waals surface area contributed by atoms with E-state index in [1.165, 1.54) is 12.1 Å². The average molecular weight is 452 g/mol. The number of anilines is 1. The van der Waals surface area contributed by atoms with E-state index in [2.05, 4.69) is 15.0 Å². The van der Waals surface area contributed by atoms with Crippen molar-refractivity contribution in [3.05, 3.63) is 58.1 Å². The number of halogens is 2. The molecule has 1 saturated carbocycles. The molecule has 2 unspecified atom stereocenters. The molecule has 2 atom stereocenters. The topological polar surface area (TPSA) is 87.6 Å². The number of rotatable bonds is 5. The van der Waals surface area contributed by atoms with Gasteiger partial charge in [0, 0.05) is 24.6 Å². The van der Waals surface area contributed by atoms with E-state index >= 15 is 0 Å². The molecule has 2 aromatic carbocycles. The Morgan fingerprint density at radius 1 is 1.10 bits per heavy atom. The van der Waals surface area contributed by atoms with Crippen molar-refractivity contribution in [2.45, 2.75) is 30.1 Å². The minimum Gasteiger partial charge on any atom is -0.326 e. The van der Waals surface area contributed by atoms with E-state index in [1.54, 1.807) is 24.3 Å². The summed E-state index contributed by atoms with van der Waals surface area (Å²) in [7, 11) is -3.73. The first-order valence-electron chi connectivity index (χ1n) is 9.25. The molecule has 1 heterocycles. The van der Waals surface area contributed by atoms with Crippen molar-refractivity contribution < 1.29 is 13.2 Å². The predicted octanol–water partition coefficient (Wildman–Crippen LogP) is 4.21. The summed E-state index contributed by atoms with van der Waals surface area (Å²) in [6.07, 6.45) is 2.17. The van der Waals surface area contributed by atoms with Gasteiger partial charge >= 0.3 is 0 Å². The lowest BCUT2D eigenvalue weighted by Gasteiger charge is -2.10. The molecule has 152 valence electrons. The van der Waals surface area contributed by atoms with E-state index in [0.29, 0.717) is 41.0 Å². The van der Waals surface area contributed by atoms with Crippen LogP contribution in [0, 0.1) is 5.92 Å². The van der Waals surface area contributed by atoms with Gasteiger partial charge in [0.25, 0.3) is 10.0 Å². The number of amidine groups is 1. The Hall–Kier alpha value is -2.09. The van der Waals surface area contributed by atoms with Crippen molar-refractivity contribution in [2.75, 3.05) is 11.9 Å². The minimum absolute atomic E-state index is 0.0822. The van der Waals surface area contributed by atoms with Crippen LogP contribution in [0.5, 0.6) is 0 Å². The fourth-order valence-corrected chi connectivity index (χ4v) is 4.85. The third kappa shape index (κ3) is 4.57. The van der Waals surface area contributed by atoms with Crippen molar-refractivity contribution in [1.29, 1.82) is 0 Å². The smallest absolute Gasteiger partial charge is 0.262 e. The maximum Gasteiger partial charge on any atom is 0.262 e. The maximum absolute atomic E-state index is 12.6. The normalized spacial score (nSPS) is 20.8. The molecule has 4 rings (SSSR count). The Bertz CT molecular complexity index is 1100.